The second-order valence-electron chi connectivity index (χ2n) is 3.60. The van der Waals surface area contributed by atoms with Gasteiger partial charge in [0.2, 0.25) is 0 Å². The molecule has 0 aliphatic heterocycles. The van der Waals surface area contributed by atoms with Gasteiger partial charge in [-0.05, 0) is 24.6 Å². The molecule has 1 rings (SSSR count). The topological polar surface area (TPSA) is 17.1 Å². The quantitative estimate of drug-likeness (QED) is 0.667. The van der Waals surface area contributed by atoms with Gasteiger partial charge in [0, 0.05) is 5.92 Å². The van der Waals surface area contributed by atoms with Gasteiger partial charge in [-0.2, -0.15) is 0 Å². The van der Waals surface area contributed by atoms with Gasteiger partial charge in [-0.1, -0.05) is 13.8 Å². The van der Waals surface area contributed by atoms with Crippen LogP contribution in [0.5, 0.6) is 0 Å². The monoisotopic (exact) mass is 198 g/mol. The first-order valence-corrected chi connectivity index (χ1v) is 4.43. The van der Waals surface area contributed by atoms with Crippen LogP contribution >= 0.6 is 0 Å². The van der Waals surface area contributed by atoms with E-state index >= 15 is 0 Å². The third-order valence-electron chi connectivity index (χ3n) is 2.04. The lowest BCUT2D eigenvalue weighted by atomic mass is 9.99. The number of carbonyl (C=O) groups is 1. The maximum absolute atomic E-state index is 13.3. The van der Waals surface area contributed by atoms with Crippen LogP contribution in [0.3, 0.4) is 0 Å². The zero-order valence-corrected chi connectivity index (χ0v) is 8.40. The SMILES string of the molecule is Cc1cc(F)c(C(=O)C(C)C)cc1F. The third-order valence-corrected chi connectivity index (χ3v) is 2.04. The number of halogens is 2. The molecule has 0 aromatic heterocycles. The first-order chi connectivity index (χ1) is 6.43. The molecule has 0 atom stereocenters. The van der Waals surface area contributed by atoms with Crippen LogP contribution in [0.2, 0.25) is 0 Å². The summed E-state index contributed by atoms with van der Waals surface area (Å²) in [6, 6.07) is 2.01. The number of ketones is 1. The molecular weight excluding hydrogens is 186 g/mol. The molecule has 0 aliphatic rings. The molecule has 0 spiro atoms. The molecule has 3 heteroatoms. The Bertz CT molecular complexity index is 370. The fourth-order valence-electron chi connectivity index (χ4n) is 1.15. The first kappa shape index (κ1) is 10.8. The van der Waals surface area contributed by atoms with E-state index in [1.54, 1.807) is 13.8 Å². The van der Waals surface area contributed by atoms with Gasteiger partial charge in [-0.3, -0.25) is 4.79 Å². The zero-order chi connectivity index (χ0) is 10.9. The minimum Gasteiger partial charge on any atom is -0.294 e. The summed E-state index contributed by atoms with van der Waals surface area (Å²) in [7, 11) is 0. The number of benzene rings is 1. The van der Waals surface area contributed by atoms with Crippen LogP contribution in [0.4, 0.5) is 8.78 Å². The molecule has 0 heterocycles. The lowest BCUT2D eigenvalue weighted by Crippen LogP contribution is -2.10. The highest BCUT2D eigenvalue weighted by atomic mass is 19.1. The number of rotatable bonds is 2. The Morgan fingerprint density at radius 1 is 1.21 bits per heavy atom. The van der Waals surface area contributed by atoms with Crippen LogP contribution < -0.4 is 0 Å². The van der Waals surface area contributed by atoms with Gasteiger partial charge in [0.25, 0.3) is 0 Å². The van der Waals surface area contributed by atoms with E-state index in [2.05, 4.69) is 0 Å². The van der Waals surface area contributed by atoms with Crippen molar-refractivity contribution in [3.63, 3.8) is 0 Å². The van der Waals surface area contributed by atoms with Crippen LogP contribution in [-0.4, -0.2) is 5.78 Å². The van der Waals surface area contributed by atoms with Crippen LogP contribution in [0.15, 0.2) is 12.1 Å². The van der Waals surface area contributed by atoms with Crippen LogP contribution in [0, 0.1) is 24.5 Å². The molecule has 0 fully saturated rings. The second-order valence-corrected chi connectivity index (χ2v) is 3.60. The third kappa shape index (κ3) is 1.97. The number of Topliss-reactive ketones (excluding diaryl/α,β-unsaturated/α-hetero) is 1. The molecule has 0 bridgehead atoms. The summed E-state index contributed by atoms with van der Waals surface area (Å²) in [5, 5.41) is 0. The number of hydrogen-bond donors (Lipinski definition) is 0. The number of aryl methyl sites for hydroxylation is 1. The van der Waals surface area contributed by atoms with Gasteiger partial charge in [0.15, 0.2) is 5.78 Å². The minimum absolute atomic E-state index is 0.164. The van der Waals surface area contributed by atoms with Crippen LogP contribution in [0.25, 0.3) is 0 Å². The highest BCUT2D eigenvalue weighted by molar-refractivity contribution is 5.97. The van der Waals surface area contributed by atoms with Crippen molar-refractivity contribution < 1.29 is 13.6 Å². The average Bonchev–Trinajstić information content (AvgIpc) is 2.10. The summed E-state index contributed by atoms with van der Waals surface area (Å²) in [6.07, 6.45) is 0. The summed E-state index contributed by atoms with van der Waals surface area (Å²) < 4.78 is 26.3. The molecular formula is C11H12F2O. The molecule has 0 N–H and O–H groups in total. The predicted octanol–water partition coefficient (Wildman–Crippen LogP) is 3.11. The molecule has 0 aliphatic carbocycles. The summed E-state index contributed by atoms with van der Waals surface area (Å²) in [5.74, 6) is -1.90. The Kier molecular flexibility index (Phi) is 2.99. The Morgan fingerprint density at radius 3 is 2.29 bits per heavy atom. The van der Waals surface area contributed by atoms with E-state index in [9.17, 15) is 13.6 Å². The van der Waals surface area contributed by atoms with Crippen molar-refractivity contribution in [2.45, 2.75) is 20.8 Å². The van der Waals surface area contributed by atoms with Crippen molar-refractivity contribution in [3.8, 4) is 0 Å². The van der Waals surface area contributed by atoms with Gasteiger partial charge in [0.05, 0.1) is 5.56 Å². The summed E-state index contributed by atoms with van der Waals surface area (Å²) >= 11 is 0. The summed E-state index contributed by atoms with van der Waals surface area (Å²) in [5.41, 5.74) is 0.0471. The van der Waals surface area contributed by atoms with E-state index in [-0.39, 0.29) is 22.8 Å². The molecule has 1 nitrogen and oxygen atoms in total. The van der Waals surface area contributed by atoms with Gasteiger partial charge in [0.1, 0.15) is 11.6 Å². The van der Waals surface area contributed by atoms with Gasteiger partial charge in [-0.15, -0.1) is 0 Å². The Hall–Kier alpha value is -1.25. The van der Waals surface area contributed by atoms with E-state index in [0.717, 1.165) is 12.1 Å². The van der Waals surface area contributed by atoms with Crippen molar-refractivity contribution in [1.29, 1.82) is 0 Å². The molecule has 0 unspecified atom stereocenters. The Balaban J connectivity index is 3.22. The fraction of sp³-hybridized carbons (Fsp3) is 0.364. The average molecular weight is 198 g/mol. The molecule has 0 radical (unpaired) electrons. The normalized spacial score (nSPS) is 10.7. The van der Waals surface area contributed by atoms with Crippen molar-refractivity contribution >= 4 is 5.78 Å². The first-order valence-electron chi connectivity index (χ1n) is 4.43. The minimum atomic E-state index is -0.650. The van der Waals surface area contributed by atoms with E-state index < -0.39 is 11.6 Å². The molecule has 1 aromatic rings. The molecule has 0 saturated heterocycles. The lowest BCUT2D eigenvalue weighted by Gasteiger charge is -2.06. The fourth-order valence-corrected chi connectivity index (χ4v) is 1.15. The molecule has 0 amide bonds. The van der Waals surface area contributed by atoms with E-state index in [4.69, 9.17) is 0 Å². The maximum atomic E-state index is 13.3. The standard InChI is InChI=1S/C11H12F2O/c1-6(2)11(14)8-5-9(12)7(3)4-10(8)13/h4-6H,1-3H3. The van der Waals surface area contributed by atoms with Crippen LogP contribution in [-0.2, 0) is 0 Å². The van der Waals surface area contributed by atoms with E-state index in [1.807, 2.05) is 0 Å². The van der Waals surface area contributed by atoms with E-state index in [0.29, 0.717) is 0 Å². The number of hydrogen-bond acceptors (Lipinski definition) is 1. The maximum Gasteiger partial charge on any atom is 0.168 e. The predicted molar refractivity (Wildman–Crippen MR) is 50.3 cm³/mol. The largest absolute Gasteiger partial charge is 0.294 e. The van der Waals surface area contributed by atoms with Gasteiger partial charge < -0.3 is 0 Å². The van der Waals surface area contributed by atoms with Crippen molar-refractivity contribution in [1.82, 2.24) is 0 Å². The molecule has 0 saturated carbocycles. The number of carbonyl (C=O) groups excluding carboxylic acids is 1. The molecule has 14 heavy (non-hydrogen) atoms. The lowest BCUT2D eigenvalue weighted by molar-refractivity contribution is 0.0935. The zero-order valence-electron chi connectivity index (χ0n) is 8.40. The van der Waals surface area contributed by atoms with Crippen molar-refractivity contribution in [2.24, 2.45) is 5.92 Å². The Morgan fingerprint density at radius 2 is 1.79 bits per heavy atom. The highest BCUT2D eigenvalue weighted by Crippen LogP contribution is 2.17. The van der Waals surface area contributed by atoms with Gasteiger partial charge >= 0.3 is 0 Å². The molecule has 76 valence electrons. The van der Waals surface area contributed by atoms with Crippen LogP contribution in [0.1, 0.15) is 29.8 Å². The summed E-state index contributed by atoms with van der Waals surface area (Å²) in [4.78, 5) is 11.4. The molecule has 1 aromatic carbocycles. The Labute approximate surface area is 81.7 Å². The van der Waals surface area contributed by atoms with Crippen molar-refractivity contribution in [2.75, 3.05) is 0 Å². The van der Waals surface area contributed by atoms with Crippen molar-refractivity contribution in [3.05, 3.63) is 34.9 Å². The van der Waals surface area contributed by atoms with E-state index in [1.165, 1.54) is 6.92 Å². The smallest absolute Gasteiger partial charge is 0.168 e. The van der Waals surface area contributed by atoms with Gasteiger partial charge in [-0.25, -0.2) is 8.78 Å². The highest BCUT2D eigenvalue weighted by Gasteiger charge is 2.17. The summed E-state index contributed by atoms with van der Waals surface area (Å²) in [6.45, 7) is 4.76. The second kappa shape index (κ2) is 3.86.